The number of aliphatic hydroxyl groups excluding tert-OH is 1. The van der Waals surface area contributed by atoms with E-state index in [4.69, 9.17) is 0 Å². The molecule has 8 atom stereocenters. The number of rotatable bonds is 1. The van der Waals surface area contributed by atoms with Gasteiger partial charge in [0.05, 0.1) is 6.10 Å². The van der Waals surface area contributed by atoms with E-state index >= 15 is 0 Å². The van der Waals surface area contributed by atoms with Gasteiger partial charge in [0.15, 0.2) is 0 Å². The van der Waals surface area contributed by atoms with E-state index in [1.54, 1.807) is 0 Å². The molecular weight excluding hydrogens is 318 g/mol. The summed E-state index contributed by atoms with van der Waals surface area (Å²) in [4.78, 5) is 2.86. The maximum absolute atomic E-state index is 10.6. The SMILES string of the molecule is C[C@]12CC[C@H](N3CCCCC3)C[C@H]1CC[C@@H]1[C@@H]2CC[C@]2(C)[C@@H](O)CC[C@@H]12. The molecule has 0 radical (unpaired) electrons. The van der Waals surface area contributed by atoms with Gasteiger partial charge in [0.1, 0.15) is 0 Å². The molecule has 2 nitrogen and oxygen atoms in total. The van der Waals surface area contributed by atoms with Crippen molar-refractivity contribution in [3.63, 3.8) is 0 Å². The van der Waals surface area contributed by atoms with Crippen LogP contribution in [0.3, 0.4) is 0 Å². The van der Waals surface area contributed by atoms with E-state index in [2.05, 4.69) is 18.7 Å². The second kappa shape index (κ2) is 6.48. The molecule has 0 aromatic rings. The van der Waals surface area contributed by atoms with Gasteiger partial charge in [-0.15, -0.1) is 0 Å². The Kier molecular flexibility index (Phi) is 4.48. The zero-order valence-corrected chi connectivity index (χ0v) is 17.3. The molecule has 0 aromatic carbocycles. The smallest absolute Gasteiger partial charge is 0.0596 e. The van der Waals surface area contributed by atoms with Gasteiger partial charge in [0.25, 0.3) is 0 Å². The van der Waals surface area contributed by atoms with Crippen LogP contribution in [0.15, 0.2) is 0 Å². The van der Waals surface area contributed by atoms with Crippen molar-refractivity contribution in [2.75, 3.05) is 13.1 Å². The molecule has 0 unspecified atom stereocenters. The first kappa shape index (κ1) is 18.0. The van der Waals surface area contributed by atoms with E-state index in [9.17, 15) is 5.11 Å². The fourth-order valence-electron chi connectivity index (χ4n) is 8.82. The third-order valence-electron chi connectivity index (χ3n) is 10.5. The maximum Gasteiger partial charge on any atom is 0.0596 e. The number of aliphatic hydroxyl groups is 1. The van der Waals surface area contributed by atoms with Crippen LogP contribution in [0, 0.1) is 34.5 Å². The molecule has 2 heteroatoms. The standard InChI is InChI=1S/C24H41NO/c1-23-12-10-18(25-14-4-3-5-15-25)16-17(23)6-7-19-20-8-9-22(26)24(20,2)13-11-21(19)23/h17-22,26H,3-16H2,1-2H3/t17-,18+,19+,20+,21+,22+,23+,24+/m1/s1. The summed E-state index contributed by atoms with van der Waals surface area (Å²) >= 11 is 0. The average molecular weight is 360 g/mol. The molecule has 1 heterocycles. The predicted molar refractivity (Wildman–Crippen MR) is 107 cm³/mol. The summed E-state index contributed by atoms with van der Waals surface area (Å²) < 4.78 is 0. The molecule has 1 saturated heterocycles. The highest BCUT2D eigenvalue weighted by Crippen LogP contribution is 2.66. The molecular formula is C24H41NO. The first-order chi connectivity index (χ1) is 12.5. The summed E-state index contributed by atoms with van der Waals surface area (Å²) in [7, 11) is 0. The van der Waals surface area contributed by atoms with Gasteiger partial charge in [0, 0.05) is 6.04 Å². The summed E-state index contributed by atoms with van der Waals surface area (Å²) in [5, 5.41) is 10.6. The van der Waals surface area contributed by atoms with Gasteiger partial charge in [0.2, 0.25) is 0 Å². The fourth-order valence-corrected chi connectivity index (χ4v) is 8.82. The summed E-state index contributed by atoms with van der Waals surface area (Å²) in [6.07, 6.45) is 16.7. The molecule has 26 heavy (non-hydrogen) atoms. The van der Waals surface area contributed by atoms with E-state index < -0.39 is 0 Å². The van der Waals surface area contributed by atoms with Crippen LogP contribution in [0.25, 0.3) is 0 Å². The van der Waals surface area contributed by atoms with Gasteiger partial charge in [-0.3, -0.25) is 0 Å². The van der Waals surface area contributed by atoms with Crippen molar-refractivity contribution in [3.05, 3.63) is 0 Å². The van der Waals surface area contributed by atoms with Gasteiger partial charge < -0.3 is 10.0 Å². The average Bonchev–Trinajstić information content (AvgIpc) is 2.97. The zero-order valence-electron chi connectivity index (χ0n) is 17.3. The van der Waals surface area contributed by atoms with Crippen molar-refractivity contribution < 1.29 is 5.11 Å². The van der Waals surface area contributed by atoms with E-state index in [0.29, 0.717) is 5.41 Å². The topological polar surface area (TPSA) is 23.5 Å². The van der Waals surface area contributed by atoms with Crippen LogP contribution in [-0.4, -0.2) is 35.2 Å². The first-order valence-corrected chi connectivity index (χ1v) is 11.9. The molecule has 1 N–H and O–H groups in total. The van der Waals surface area contributed by atoms with Crippen LogP contribution in [0.5, 0.6) is 0 Å². The summed E-state index contributed by atoms with van der Waals surface area (Å²) in [5.41, 5.74) is 0.847. The second-order valence-corrected chi connectivity index (χ2v) is 11.3. The lowest BCUT2D eigenvalue weighted by Crippen LogP contribution is -2.56. The third-order valence-corrected chi connectivity index (χ3v) is 10.5. The number of nitrogens with zero attached hydrogens (tertiary/aromatic N) is 1. The molecule has 5 rings (SSSR count). The second-order valence-electron chi connectivity index (χ2n) is 11.3. The number of hydrogen-bond acceptors (Lipinski definition) is 2. The van der Waals surface area contributed by atoms with E-state index in [1.165, 1.54) is 83.7 Å². The predicted octanol–water partition coefficient (Wildman–Crippen LogP) is 5.24. The van der Waals surface area contributed by atoms with Crippen molar-refractivity contribution in [1.82, 2.24) is 4.90 Å². The Morgan fingerprint density at radius 3 is 2.31 bits per heavy atom. The summed E-state index contributed by atoms with van der Waals surface area (Å²) in [5.74, 6) is 3.65. The number of piperidine rings is 1. The van der Waals surface area contributed by atoms with Crippen molar-refractivity contribution in [3.8, 4) is 0 Å². The number of hydrogen-bond donors (Lipinski definition) is 1. The normalized spacial score (nSPS) is 55.0. The van der Waals surface area contributed by atoms with E-state index in [-0.39, 0.29) is 11.5 Å². The monoisotopic (exact) mass is 359 g/mol. The summed E-state index contributed by atoms with van der Waals surface area (Å²) in [6, 6.07) is 0.895. The first-order valence-electron chi connectivity index (χ1n) is 11.9. The van der Waals surface area contributed by atoms with E-state index in [0.717, 1.165) is 36.1 Å². The Balaban J connectivity index is 1.33. The quantitative estimate of drug-likeness (QED) is 0.691. The van der Waals surface area contributed by atoms with Crippen molar-refractivity contribution >= 4 is 0 Å². The molecule has 0 spiro atoms. The van der Waals surface area contributed by atoms with Gasteiger partial charge in [-0.05, 0) is 118 Å². The Labute approximate surface area is 161 Å². The van der Waals surface area contributed by atoms with Crippen LogP contribution in [0.4, 0.5) is 0 Å². The highest BCUT2D eigenvalue weighted by molar-refractivity contribution is 5.09. The van der Waals surface area contributed by atoms with Crippen LogP contribution in [-0.2, 0) is 0 Å². The third kappa shape index (κ3) is 2.57. The molecule has 5 aliphatic rings. The molecule has 0 bridgehead atoms. The highest BCUT2D eigenvalue weighted by atomic mass is 16.3. The minimum absolute atomic E-state index is 0.0196. The Hall–Kier alpha value is -0.0800. The van der Waals surface area contributed by atoms with Crippen molar-refractivity contribution in [1.29, 1.82) is 0 Å². The molecule has 1 aliphatic heterocycles. The molecule has 4 aliphatic carbocycles. The summed E-state index contributed by atoms with van der Waals surface area (Å²) in [6.45, 7) is 7.86. The van der Waals surface area contributed by atoms with Crippen molar-refractivity contribution in [2.24, 2.45) is 34.5 Å². The van der Waals surface area contributed by atoms with Gasteiger partial charge >= 0.3 is 0 Å². The lowest BCUT2D eigenvalue weighted by molar-refractivity contribution is -0.129. The zero-order chi connectivity index (χ0) is 17.9. The van der Waals surface area contributed by atoms with Crippen LogP contribution in [0.1, 0.15) is 90.9 Å². The molecule has 0 aromatic heterocycles. The largest absolute Gasteiger partial charge is 0.393 e. The Morgan fingerprint density at radius 2 is 1.50 bits per heavy atom. The van der Waals surface area contributed by atoms with Gasteiger partial charge in [-0.2, -0.15) is 0 Å². The number of likely N-dealkylation sites (tertiary alicyclic amines) is 1. The van der Waals surface area contributed by atoms with Gasteiger partial charge in [-0.25, -0.2) is 0 Å². The van der Waals surface area contributed by atoms with Crippen LogP contribution in [0.2, 0.25) is 0 Å². The van der Waals surface area contributed by atoms with Crippen molar-refractivity contribution in [2.45, 2.75) is 103 Å². The number of fused-ring (bicyclic) bond motifs is 5. The Bertz CT molecular complexity index is 528. The van der Waals surface area contributed by atoms with Crippen LogP contribution < -0.4 is 0 Å². The highest BCUT2D eigenvalue weighted by Gasteiger charge is 2.60. The molecule has 0 amide bonds. The Morgan fingerprint density at radius 1 is 0.769 bits per heavy atom. The fraction of sp³-hybridized carbons (Fsp3) is 1.00. The van der Waals surface area contributed by atoms with Gasteiger partial charge in [-0.1, -0.05) is 20.3 Å². The minimum Gasteiger partial charge on any atom is -0.393 e. The minimum atomic E-state index is -0.0196. The molecule has 4 saturated carbocycles. The van der Waals surface area contributed by atoms with Crippen LogP contribution >= 0.6 is 0 Å². The molecule has 148 valence electrons. The lowest BCUT2D eigenvalue weighted by Gasteiger charge is -2.61. The van der Waals surface area contributed by atoms with E-state index in [1.807, 2.05) is 0 Å². The lowest BCUT2D eigenvalue weighted by atomic mass is 9.45. The molecule has 5 fully saturated rings. The maximum atomic E-state index is 10.6.